The molecule has 0 unspecified atom stereocenters. The average molecular weight is 371 g/mol. The van der Waals surface area contributed by atoms with E-state index in [0.29, 0.717) is 24.2 Å². The lowest BCUT2D eigenvalue weighted by molar-refractivity contribution is 0.0679. The van der Waals surface area contributed by atoms with E-state index in [4.69, 9.17) is 0 Å². The molecule has 1 atom stereocenters. The third kappa shape index (κ3) is 3.39. The van der Waals surface area contributed by atoms with Gasteiger partial charge in [-0.25, -0.2) is 0 Å². The monoisotopic (exact) mass is 371 g/mol. The summed E-state index contributed by atoms with van der Waals surface area (Å²) in [5, 5.41) is 18.0. The van der Waals surface area contributed by atoms with Crippen LogP contribution in [0.15, 0.2) is 54.6 Å². The van der Waals surface area contributed by atoms with Crippen molar-refractivity contribution in [3.05, 3.63) is 82.9 Å². The molecule has 6 heteroatoms. The van der Waals surface area contributed by atoms with Crippen LogP contribution in [0.3, 0.4) is 0 Å². The lowest BCUT2D eigenvalue weighted by atomic mass is 10.1. The highest BCUT2D eigenvalue weighted by molar-refractivity contribution is 5.96. The maximum absolute atomic E-state index is 13.0. The Kier molecular flexibility index (Phi) is 4.90. The first-order chi connectivity index (χ1) is 13.7. The number of aromatic nitrogens is 3. The van der Waals surface area contributed by atoms with Gasteiger partial charge in [0, 0.05) is 13.0 Å². The average Bonchev–Trinajstić information content (AvgIpc) is 3.16. The molecule has 0 N–H and O–H groups in total. The van der Waals surface area contributed by atoms with Crippen molar-refractivity contribution >= 4 is 5.91 Å². The van der Waals surface area contributed by atoms with Gasteiger partial charge in [0.15, 0.2) is 5.82 Å². The molecule has 3 aromatic rings. The molecule has 2 heterocycles. The quantitative estimate of drug-likeness (QED) is 0.706. The van der Waals surface area contributed by atoms with Crippen LogP contribution in [0, 0.1) is 11.3 Å². The van der Waals surface area contributed by atoms with Gasteiger partial charge in [-0.05, 0) is 31.0 Å². The van der Waals surface area contributed by atoms with Crippen LogP contribution in [-0.4, -0.2) is 32.1 Å². The highest BCUT2D eigenvalue weighted by atomic mass is 16.2. The number of aryl methyl sites for hydroxylation is 2. The molecule has 2 aromatic carbocycles. The molecule has 6 nitrogen and oxygen atoms in total. The second kappa shape index (κ2) is 7.65. The zero-order chi connectivity index (χ0) is 19.5. The highest BCUT2D eigenvalue weighted by Gasteiger charge is 2.30. The molecule has 1 amide bonds. The highest BCUT2D eigenvalue weighted by Crippen LogP contribution is 2.24. The summed E-state index contributed by atoms with van der Waals surface area (Å²) in [7, 11) is 0. The van der Waals surface area contributed by atoms with Crippen molar-refractivity contribution in [1.82, 2.24) is 19.7 Å². The van der Waals surface area contributed by atoms with Crippen molar-refractivity contribution in [2.45, 2.75) is 32.4 Å². The van der Waals surface area contributed by atoms with Crippen LogP contribution >= 0.6 is 0 Å². The zero-order valence-corrected chi connectivity index (χ0v) is 15.7. The largest absolute Gasteiger partial charge is 0.329 e. The van der Waals surface area contributed by atoms with E-state index in [2.05, 4.69) is 39.9 Å². The first-order valence-electron chi connectivity index (χ1n) is 9.42. The zero-order valence-electron chi connectivity index (χ0n) is 15.7. The van der Waals surface area contributed by atoms with Crippen molar-refractivity contribution < 1.29 is 4.79 Å². The van der Waals surface area contributed by atoms with Crippen molar-refractivity contribution in [1.29, 1.82) is 5.26 Å². The van der Waals surface area contributed by atoms with Crippen molar-refractivity contribution in [3.63, 3.8) is 0 Å². The van der Waals surface area contributed by atoms with Gasteiger partial charge in [-0.2, -0.15) is 5.26 Å². The van der Waals surface area contributed by atoms with Crippen LogP contribution in [0.2, 0.25) is 0 Å². The summed E-state index contributed by atoms with van der Waals surface area (Å²) in [6.07, 6.45) is 1.72. The van der Waals surface area contributed by atoms with E-state index in [1.54, 1.807) is 29.2 Å². The van der Waals surface area contributed by atoms with Gasteiger partial charge in [0.05, 0.1) is 29.8 Å². The van der Waals surface area contributed by atoms with Crippen LogP contribution in [0.5, 0.6) is 0 Å². The predicted octanol–water partition coefficient (Wildman–Crippen LogP) is 3.15. The Morgan fingerprint density at radius 2 is 1.86 bits per heavy atom. The van der Waals surface area contributed by atoms with Crippen LogP contribution in [0.25, 0.3) is 0 Å². The molecular formula is C22H21N5O. The summed E-state index contributed by atoms with van der Waals surface area (Å²) in [4.78, 5) is 14.7. The van der Waals surface area contributed by atoms with E-state index in [1.807, 2.05) is 18.2 Å². The van der Waals surface area contributed by atoms with Gasteiger partial charge < -0.3 is 9.47 Å². The summed E-state index contributed by atoms with van der Waals surface area (Å²) in [6.45, 7) is 3.05. The first-order valence-corrected chi connectivity index (χ1v) is 9.42. The number of hydrogen-bond donors (Lipinski definition) is 0. The summed E-state index contributed by atoms with van der Waals surface area (Å²) in [5.74, 6) is 1.62. The molecule has 0 fully saturated rings. The first kappa shape index (κ1) is 17.9. The van der Waals surface area contributed by atoms with E-state index in [1.165, 1.54) is 5.56 Å². The topological polar surface area (TPSA) is 74.8 Å². The summed E-state index contributed by atoms with van der Waals surface area (Å²) in [6, 6.07) is 19.4. The van der Waals surface area contributed by atoms with E-state index >= 15 is 0 Å². The Balaban J connectivity index is 1.53. The number of hydrogen-bond acceptors (Lipinski definition) is 4. The minimum Gasteiger partial charge on any atom is -0.329 e. The van der Waals surface area contributed by atoms with Crippen molar-refractivity contribution in [3.8, 4) is 6.07 Å². The van der Waals surface area contributed by atoms with Crippen molar-refractivity contribution in [2.24, 2.45) is 0 Å². The molecule has 0 radical (unpaired) electrons. The van der Waals surface area contributed by atoms with Gasteiger partial charge in [0.25, 0.3) is 5.91 Å². The predicted molar refractivity (Wildman–Crippen MR) is 104 cm³/mol. The Labute approximate surface area is 164 Å². The summed E-state index contributed by atoms with van der Waals surface area (Å²) >= 11 is 0. The molecular weight excluding hydrogens is 350 g/mol. The van der Waals surface area contributed by atoms with Crippen LogP contribution < -0.4 is 0 Å². The molecule has 1 aliphatic rings. The molecule has 1 aromatic heterocycles. The fourth-order valence-electron chi connectivity index (χ4n) is 3.78. The molecule has 28 heavy (non-hydrogen) atoms. The Morgan fingerprint density at radius 1 is 1.11 bits per heavy atom. The Morgan fingerprint density at radius 3 is 2.64 bits per heavy atom. The van der Waals surface area contributed by atoms with Gasteiger partial charge >= 0.3 is 0 Å². The Bertz CT molecular complexity index is 1030. The smallest absolute Gasteiger partial charge is 0.255 e. The molecule has 0 saturated heterocycles. The van der Waals surface area contributed by atoms with Crippen LogP contribution in [0.1, 0.15) is 46.1 Å². The molecule has 0 spiro atoms. The molecule has 0 aliphatic carbocycles. The molecule has 1 aliphatic heterocycles. The lowest BCUT2D eigenvalue weighted by Gasteiger charge is -2.32. The van der Waals surface area contributed by atoms with Crippen molar-refractivity contribution in [2.75, 3.05) is 6.54 Å². The number of fused-ring (bicyclic) bond motifs is 1. The molecule has 0 bridgehead atoms. The second-order valence-electron chi connectivity index (χ2n) is 7.08. The maximum Gasteiger partial charge on any atom is 0.255 e. The fraction of sp³-hybridized carbons (Fsp3) is 0.273. The van der Waals surface area contributed by atoms with E-state index in [0.717, 1.165) is 24.5 Å². The number of nitrogens with zero attached hydrogens (tertiary/aromatic N) is 5. The third-order valence-corrected chi connectivity index (χ3v) is 5.14. The SMILES string of the molecule is C[C@H]1CN(C(=O)c2ccccc2C#N)Cc2nnc(CCc3ccccc3)n21. The lowest BCUT2D eigenvalue weighted by Crippen LogP contribution is -2.41. The minimum atomic E-state index is -0.135. The standard InChI is InChI=1S/C22H21N5O/c1-16-14-26(22(28)19-10-6-5-9-18(19)13-23)15-21-25-24-20(27(16)21)12-11-17-7-3-2-4-8-17/h2-10,16H,11-12,14-15H2,1H3/t16-/m0/s1. The Hall–Kier alpha value is -3.46. The van der Waals surface area contributed by atoms with Gasteiger partial charge in [-0.3, -0.25) is 4.79 Å². The van der Waals surface area contributed by atoms with Gasteiger partial charge in [0.1, 0.15) is 5.82 Å². The molecule has 140 valence electrons. The summed E-state index contributed by atoms with van der Waals surface area (Å²) in [5.41, 5.74) is 2.11. The van der Waals surface area contributed by atoms with E-state index in [9.17, 15) is 10.1 Å². The van der Waals surface area contributed by atoms with Crippen LogP contribution in [-0.2, 0) is 19.4 Å². The number of carbonyl (C=O) groups excluding carboxylic acids is 1. The minimum absolute atomic E-state index is 0.0859. The van der Waals surface area contributed by atoms with E-state index < -0.39 is 0 Å². The number of benzene rings is 2. The fourth-order valence-corrected chi connectivity index (χ4v) is 3.78. The third-order valence-electron chi connectivity index (χ3n) is 5.14. The van der Waals surface area contributed by atoms with Gasteiger partial charge in [-0.1, -0.05) is 42.5 Å². The second-order valence-corrected chi connectivity index (χ2v) is 7.08. The van der Waals surface area contributed by atoms with Gasteiger partial charge in [-0.15, -0.1) is 10.2 Å². The van der Waals surface area contributed by atoms with Gasteiger partial charge in [0.2, 0.25) is 0 Å². The summed E-state index contributed by atoms with van der Waals surface area (Å²) < 4.78 is 2.16. The number of amides is 1. The maximum atomic E-state index is 13.0. The molecule has 4 rings (SSSR count). The molecule has 0 saturated carbocycles. The number of nitriles is 1. The number of rotatable bonds is 4. The number of carbonyl (C=O) groups is 1. The van der Waals surface area contributed by atoms with E-state index in [-0.39, 0.29) is 11.9 Å². The normalized spacial score (nSPS) is 15.7. The van der Waals surface area contributed by atoms with Crippen LogP contribution in [0.4, 0.5) is 0 Å².